The molecular formula is C19H16F3N3O3. The Morgan fingerprint density at radius 2 is 2.07 bits per heavy atom. The van der Waals surface area contributed by atoms with Crippen molar-refractivity contribution in [2.45, 2.75) is 18.7 Å². The summed E-state index contributed by atoms with van der Waals surface area (Å²) >= 11 is 0. The first-order chi connectivity index (χ1) is 13.4. The largest absolute Gasteiger partial charge is 0.465 e. The maximum atomic E-state index is 13.4. The lowest BCUT2D eigenvalue weighted by atomic mass is 10.1. The van der Waals surface area contributed by atoms with Crippen LogP contribution in [0.5, 0.6) is 5.88 Å². The zero-order chi connectivity index (χ0) is 19.9. The SMILES string of the molecule is COC(=O)c1ccccc1N1CCC(C(F)(F)F)Oc2nc3[nH]ccc3cc21. The highest BCUT2D eigenvalue weighted by atomic mass is 19.4. The zero-order valence-corrected chi connectivity index (χ0v) is 14.8. The fraction of sp³-hybridized carbons (Fsp3) is 0.263. The van der Waals surface area contributed by atoms with Crippen LogP contribution < -0.4 is 9.64 Å². The molecule has 0 fully saturated rings. The molecule has 0 saturated carbocycles. The molecule has 9 heteroatoms. The third-order valence-electron chi connectivity index (χ3n) is 4.61. The third-order valence-corrected chi connectivity index (χ3v) is 4.61. The topological polar surface area (TPSA) is 67.4 Å². The second-order valence-electron chi connectivity index (χ2n) is 6.33. The molecule has 0 bridgehead atoms. The van der Waals surface area contributed by atoms with Crippen LogP contribution in [-0.4, -0.2) is 41.9 Å². The van der Waals surface area contributed by atoms with Gasteiger partial charge in [0, 0.05) is 24.5 Å². The molecule has 2 aromatic heterocycles. The van der Waals surface area contributed by atoms with Crippen molar-refractivity contribution in [3.8, 4) is 5.88 Å². The van der Waals surface area contributed by atoms with Crippen LogP contribution in [0.1, 0.15) is 16.8 Å². The summed E-state index contributed by atoms with van der Waals surface area (Å²) in [5.74, 6) is -0.722. The van der Waals surface area contributed by atoms with Crippen molar-refractivity contribution in [2.75, 3.05) is 18.6 Å². The number of nitrogens with one attached hydrogen (secondary N) is 1. The van der Waals surface area contributed by atoms with Crippen molar-refractivity contribution < 1.29 is 27.4 Å². The third kappa shape index (κ3) is 3.12. The first-order valence-electron chi connectivity index (χ1n) is 8.55. The fourth-order valence-corrected chi connectivity index (χ4v) is 3.27. The van der Waals surface area contributed by atoms with E-state index in [1.165, 1.54) is 7.11 Å². The number of alkyl halides is 3. The lowest BCUT2D eigenvalue weighted by Gasteiger charge is -2.25. The van der Waals surface area contributed by atoms with Crippen molar-refractivity contribution in [1.29, 1.82) is 0 Å². The van der Waals surface area contributed by atoms with E-state index in [4.69, 9.17) is 9.47 Å². The van der Waals surface area contributed by atoms with Gasteiger partial charge in [0.2, 0.25) is 5.88 Å². The number of hydrogen-bond acceptors (Lipinski definition) is 5. The molecule has 6 nitrogen and oxygen atoms in total. The van der Waals surface area contributed by atoms with E-state index in [1.807, 2.05) is 0 Å². The van der Waals surface area contributed by atoms with Gasteiger partial charge in [-0.3, -0.25) is 0 Å². The second kappa shape index (κ2) is 6.74. The second-order valence-corrected chi connectivity index (χ2v) is 6.33. The quantitative estimate of drug-likeness (QED) is 0.663. The van der Waals surface area contributed by atoms with Crippen LogP contribution in [0.2, 0.25) is 0 Å². The van der Waals surface area contributed by atoms with Gasteiger partial charge in [-0.05, 0) is 24.3 Å². The van der Waals surface area contributed by atoms with E-state index in [1.54, 1.807) is 47.5 Å². The molecule has 0 saturated heterocycles. The van der Waals surface area contributed by atoms with Crippen LogP contribution >= 0.6 is 0 Å². The van der Waals surface area contributed by atoms with Gasteiger partial charge >= 0.3 is 12.1 Å². The number of halogens is 3. The molecule has 0 amide bonds. The Balaban J connectivity index is 1.89. The Bertz CT molecular complexity index is 1030. The first kappa shape index (κ1) is 18.1. The van der Waals surface area contributed by atoms with Crippen LogP contribution in [0, 0.1) is 0 Å². The predicted octanol–water partition coefficient (Wildman–Crippen LogP) is 4.20. The molecule has 3 heterocycles. The number of para-hydroxylation sites is 1. The monoisotopic (exact) mass is 391 g/mol. The summed E-state index contributed by atoms with van der Waals surface area (Å²) < 4.78 is 50.3. The van der Waals surface area contributed by atoms with E-state index < -0.39 is 18.2 Å². The molecule has 1 N–H and O–H groups in total. The van der Waals surface area contributed by atoms with Crippen molar-refractivity contribution in [3.05, 3.63) is 48.2 Å². The normalized spacial score (nSPS) is 17.0. The highest BCUT2D eigenvalue weighted by Crippen LogP contribution is 2.41. The maximum Gasteiger partial charge on any atom is 0.425 e. The molecule has 0 aliphatic carbocycles. The Labute approximate surface area is 157 Å². The van der Waals surface area contributed by atoms with E-state index in [-0.39, 0.29) is 24.4 Å². The van der Waals surface area contributed by atoms with E-state index in [0.717, 1.165) is 0 Å². The summed E-state index contributed by atoms with van der Waals surface area (Å²) in [5, 5.41) is 0.716. The highest BCUT2D eigenvalue weighted by molar-refractivity contribution is 5.97. The van der Waals surface area contributed by atoms with Crippen molar-refractivity contribution in [2.24, 2.45) is 0 Å². The van der Waals surface area contributed by atoms with Gasteiger partial charge in [0.05, 0.1) is 18.4 Å². The number of esters is 1. The number of benzene rings is 1. The summed E-state index contributed by atoms with van der Waals surface area (Å²) in [6.07, 6.45) is -5.21. The van der Waals surface area contributed by atoms with Gasteiger partial charge in [-0.15, -0.1) is 0 Å². The summed E-state index contributed by atoms with van der Waals surface area (Å²) in [4.78, 5) is 20.9. The van der Waals surface area contributed by atoms with Gasteiger partial charge in [0.1, 0.15) is 11.3 Å². The predicted molar refractivity (Wildman–Crippen MR) is 96.0 cm³/mol. The molecule has 28 heavy (non-hydrogen) atoms. The summed E-state index contributed by atoms with van der Waals surface area (Å²) in [6.45, 7) is -0.0111. The van der Waals surface area contributed by atoms with Crippen molar-refractivity contribution in [3.63, 3.8) is 0 Å². The molecule has 0 spiro atoms. The molecule has 3 aromatic rings. The standard InChI is InChI=1S/C19H16F3N3O3/c1-27-18(26)12-4-2-3-5-13(12)25-9-7-15(19(20,21)22)28-17-14(25)10-11-6-8-23-16(11)24-17/h2-6,8,10,15H,7,9H2,1H3,(H,23,24). The summed E-state index contributed by atoms with van der Waals surface area (Å²) in [6, 6.07) is 10.1. The molecule has 0 radical (unpaired) electrons. The smallest absolute Gasteiger partial charge is 0.425 e. The van der Waals surface area contributed by atoms with Crippen LogP contribution in [0.4, 0.5) is 24.5 Å². The van der Waals surface area contributed by atoms with Gasteiger partial charge in [0.25, 0.3) is 0 Å². The Morgan fingerprint density at radius 1 is 1.29 bits per heavy atom. The molecule has 1 aromatic carbocycles. The molecule has 1 aliphatic rings. The number of anilines is 2. The van der Waals surface area contributed by atoms with E-state index in [9.17, 15) is 18.0 Å². The number of carbonyl (C=O) groups is 1. The van der Waals surface area contributed by atoms with E-state index >= 15 is 0 Å². The number of ether oxygens (including phenoxy) is 2. The van der Waals surface area contributed by atoms with Crippen LogP contribution in [0.3, 0.4) is 0 Å². The molecule has 1 aliphatic heterocycles. The molecule has 1 unspecified atom stereocenters. The van der Waals surface area contributed by atoms with Gasteiger partial charge in [0.15, 0.2) is 6.10 Å². The Kier molecular flexibility index (Phi) is 4.37. The number of methoxy groups -OCH3 is 1. The minimum Gasteiger partial charge on any atom is -0.465 e. The minimum absolute atomic E-state index is 0.0111. The molecular weight excluding hydrogens is 375 g/mol. The number of fused-ring (bicyclic) bond motifs is 2. The number of hydrogen-bond donors (Lipinski definition) is 1. The number of aromatic nitrogens is 2. The molecule has 146 valence electrons. The first-order valence-corrected chi connectivity index (χ1v) is 8.55. The van der Waals surface area contributed by atoms with Gasteiger partial charge < -0.3 is 19.4 Å². The minimum atomic E-state index is -4.54. The van der Waals surface area contributed by atoms with Crippen molar-refractivity contribution in [1.82, 2.24) is 9.97 Å². The number of carbonyl (C=O) groups excluding carboxylic acids is 1. The zero-order valence-electron chi connectivity index (χ0n) is 14.8. The van der Waals surface area contributed by atoms with Gasteiger partial charge in [-0.25, -0.2) is 4.79 Å². The van der Waals surface area contributed by atoms with E-state index in [2.05, 4.69) is 9.97 Å². The lowest BCUT2D eigenvalue weighted by Crippen LogP contribution is -2.35. The summed E-state index contributed by atoms with van der Waals surface area (Å²) in [5.41, 5.74) is 1.45. The van der Waals surface area contributed by atoms with Crippen LogP contribution in [-0.2, 0) is 4.74 Å². The lowest BCUT2D eigenvalue weighted by molar-refractivity contribution is -0.195. The number of rotatable bonds is 2. The maximum absolute atomic E-state index is 13.4. The number of pyridine rings is 1. The fourth-order valence-electron chi connectivity index (χ4n) is 3.27. The number of nitrogens with zero attached hydrogens (tertiary/aromatic N) is 2. The summed E-state index contributed by atoms with van der Waals surface area (Å²) in [7, 11) is 1.25. The van der Waals surface area contributed by atoms with Gasteiger partial charge in [-0.2, -0.15) is 18.2 Å². The average molecular weight is 391 g/mol. The van der Waals surface area contributed by atoms with Crippen LogP contribution in [0.25, 0.3) is 11.0 Å². The highest BCUT2D eigenvalue weighted by Gasteiger charge is 2.44. The van der Waals surface area contributed by atoms with Gasteiger partial charge in [-0.1, -0.05) is 12.1 Å². The Morgan fingerprint density at radius 3 is 2.82 bits per heavy atom. The van der Waals surface area contributed by atoms with Crippen molar-refractivity contribution >= 4 is 28.4 Å². The molecule has 4 rings (SSSR count). The van der Waals surface area contributed by atoms with Crippen LogP contribution in [0.15, 0.2) is 42.6 Å². The average Bonchev–Trinajstić information content (AvgIpc) is 3.04. The number of H-pyrrole nitrogens is 1. The Hall–Kier alpha value is -3.23. The molecule has 1 atom stereocenters. The number of aromatic amines is 1. The van der Waals surface area contributed by atoms with E-state index in [0.29, 0.717) is 22.4 Å².